The highest BCUT2D eigenvalue weighted by Crippen LogP contribution is 2.15. The van der Waals surface area contributed by atoms with Crippen molar-refractivity contribution >= 4 is 5.91 Å². The van der Waals surface area contributed by atoms with Crippen molar-refractivity contribution in [1.29, 1.82) is 0 Å². The summed E-state index contributed by atoms with van der Waals surface area (Å²) >= 11 is 0. The van der Waals surface area contributed by atoms with Crippen LogP contribution in [0.3, 0.4) is 0 Å². The molecule has 4 nitrogen and oxygen atoms in total. The highest BCUT2D eigenvalue weighted by Gasteiger charge is 2.06. The normalized spacial score (nSPS) is 11.9. The third-order valence-corrected chi connectivity index (χ3v) is 2.18. The van der Waals surface area contributed by atoms with Crippen molar-refractivity contribution in [2.24, 2.45) is 5.73 Å². The fourth-order valence-corrected chi connectivity index (χ4v) is 1.22. The molecule has 1 rings (SSSR count). The first-order valence-corrected chi connectivity index (χ1v) is 5.50. The van der Waals surface area contributed by atoms with Crippen LogP contribution in [-0.2, 0) is 4.79 Å². The molecule has 94 valence electrons. The second-order valence-electron chi connectivity index (χ2n) is 3.73. The zero-order valence-corrected chi connectivity index (χ0v) is 9.78. The Morgan fingerprint density at radius 2 is 2.24 bits per heavy atom. The molecule has 0 aliphatic carbocycles. The standard InChI is InChI=1S/C12H17FN2O2/c1-9(8-14)15-12(16)6-7-17-11-5-3-2-4-10(11)13/h2-5,9H,6-8,14H2,1H3,(H,15,16). The van der Waals surface area contributed by atoms with E-state index in [1.165, 1.54) is 12.1 Å². The van der Waals surface area contributed by atoms with Crippen LogP contribution in [0.5, 0.6) is 5.75 Å². The molecule has 0 spiro atoms. The van der Waals surface area contributed by atoms with Gasteiger partial charge in [0.1, 0.15) is 0 Å². The average molecular weight is 240 g/mol. The van der Waals surface area contributed by atoms with Gasteiger partial charge in [0.15, 0.2) is 11.6 Å². The maximum Gasteiger partial charge on any atom is 0.223 e. The topological polar surface area (TPSA) is 64.3 Å². The van der Waals surface area contributed by atoms with Gasteiger partial charge >= 0.3 is 0 Å². The summed E-state index contributed by atoms with van der Waals surface area (Å²) in [7, 11) is 0. The van der Waals surface area contributed by atoms with Gasteiger partial charge in [-0.1, -0.05) is 12.1 Å². The van der Waals surface area contributed by atoms with Crippen molar-refractivity contribution < 1.29 is 13.9 Å². The Hall–Kier alpha value is -1.62. The molecule has 1 aromatic rings. The molecule has 0 bridgehead atoms. The largest absolute Gasteiger partial charge is 0.490 e. The SMILES string of the molecule is CC(CN)NC(=O)CCOc1ccccc1F. The Labute approximate surface area is 100.0 Å². The van der Waals surface area contributed by atoms with Crippen LogP contribution < -0.4 is 15.8 Å². The number of rotatable bonds is 6. The molecule has 3 N–H and O–H groups in total. The lowest BCUT2D eigenvalue weighted by atomic mass is 10.3. The second kappa shape index (κ2) is 6.85. The fraction of sp³-hybridized carbons (Fsp3) is 0.417. The minimum absolute atomic E-state index is 0.0593. The zero-order chi connectivity index (χ0) is 12.7. The number of carbonyl (C=O) groups is 1. The van der Waals surface area contributed by atoms with E-state index in [9.17, 15) is 9.18 Å². The van der Waals surface area contributed by atoms with Gasteiger partial charge in [0.2, 0.25) is 5.91 Å². The van der Waals surface area contributed by atoms with Gasteiger partial charge in [-0.2, -0.15) is 0 Å². The molecule has 0 heterocycles. The lowest BCUT2D eigenvalue weighted by Crippen LogP contribution is -2.38. The Bertz CT molecular complexity index is 371. The third kappa shape index (κ3) is 4.82. The lowest BCUT2D eigenvalue weighted by Gasteiger charge is -2.11. The van der Waals surface area contributed by atoms with Gasteiger partial charge in [0, 0.05) is 12.6 Å². The predicted octanol–water partition coefficient (Wildman–Crippen LogP) is 1.06. The third-order valence-electron chi connectivity index (χ3n) is 2.18. The van der Waals surface area contributed by atoms with Crippen LogP contribution in [0, 0.1) is 5.82 Å². The van der Waals surface area contributed by atoms with Crippen LogP contribution in [-0.4, -0.2) is 25.1 Å². The maximum atomic E-state index is 13.1. The summed E-state index contributed by atoms with van der Waals surface area (Å²) in [5.41, 5.74) is 5.36. The number of carbonyl (C=O) groups excluding carboxylic acids is 1. The van der Waals surface area contributed by atoms with Crippen LogP contribution in [0.2, 0.25) is 0 Å². The number of ether oxygens (including phenoxy) is 1. The summed E-state index contributed by atoms with van der Waals surface area (Å²) in [4.78, 5) is 11.3. The van der Waals surface area contributed by atoms with Crippen LogP contribution in [0.4, 0.5) is 4.39 Å². The van der Waals surface area contributed by atoms with Crippen LogP contribution in [0.25, 0.3) is 0 Å². The summed E-state index contributed by atoms with van der Waals surface area (Å²) < 4.78 is 18.3. The Kier molecular flexibility index (Phi) is 5.42. The molecule has 0 saturated carbocycles. The lowest BCUT2D eigenvalue weighted by molar-refractivity contribution is -0.122. The molecule has 0 aromatic heterocycles. The number of nitrogens with one attached hydrogen (secondary N) is 1. The van der Waals surface area contributed by atoms with Crippen molar-refractivity contribution in [3.8, 4) is 5.75 Å². The van der Waals surface area contributed by atoms with E-state index in [4.69, 9.17) is 10.5 Å². The molecule has 1 aromatic carbocycles. The van der Waals surface area contributed by atoms with Gasteiger partial charge in [-0.05, 0) is 19.1 Å². The molecule has 0 saturated heterocycles. The number of benzene rings is 1. The molecule has 17 heavy (non-hydrogen) atoms. The second-order valence-corrected chi connectivity index (χ2v) is 3.73. The van der Waals surface area contributed by atoms with Gasteiger partial charge in [0.25, 0.3) is 0 Å². The van der Waals surface area contributed by atoms with Crippen molar-refractivity contribution in [2.75, 3.05) is 13.2 Å². The van der Waals surface area contributed by atoms with Gasteiger partial charge in [-0.25, -0.2) is 4.39 Å². The smallest absolute Gasteiger partial charge is 0.223 e. The minimum Gasteiger partial charge on any atom is -0.490 e. The summed E-state index contributed by atoms with van der Waals surface area (Å²) in [5, 5.41) is 2.69. The van der Waals surface area contributed by atoms with E-state index in [1.807, 2.05) is 6.92 Å². The number of hydrogen-bond donors (Lipinski definition) is 2. The highest BCUT2D eigenvalue weighted by molar-refractivity contribution is 5.76. The zero-order valence-electron chi connectivity index (χ0n) is 9.78. The van der Waals surface area contributed by atoms with Crippen molar-refractivity contribution in [3.63, 3.8) is 0 Å². The van der Waals surface area contributed by atoms with Crippen molar-refractivity contribution in [1.82, 2.24) is 5.32 Å². The van der Waals surface area contributed by atoms with Gasteiger partial charge in [-0.3, -0.25) is 4.79 Å². The fourth-order valence-electron chi connectivity index (χ4n) is 1.22. The number of amides is 1. The Morgan fingerprint density at radius 1 is 1.53 bits per heavy atom. The monoisotopic (exact) mass is 240 g/mol. The van der Waals surface area contributed by atoms with E-state index in [1.54, 1.807) is 12.1 Å². The average Bonchev–Trinajstić information content (AvgIpc) is 2.31. The molecule has 0 aliphatic heterocycles. The van der Waals surface area contributed by atoms with Crippen molar-refractivity contribution in [3.05, 3.63) is 30.1 Å². The molecule has 0 fully saturated rings. The molecular formula is C12H17FN2O2. The van der Waals surface area contributed by atoms with Gasteiger partial charge in [-0.15, -0.1) is 0 Å². The minimum atomic E-state index is -0.428. The summed E-state index contributed by atoms with van der Waals surface area (Å²) in [6.07, 6.45) is 0.179. The first kappa shape index (κ1) is 13.4. The quantitative estimate of drug-likeness (QED) is 0.781. The highest BCUT2D eigenvalue weighted by atomic mass is 19.1. The Balaban J connectivity index is 2.29. The van der Waals surface area contributed by atoms with E-state index in [0.29, 0.717) is 6.54 Å². The van der Waals surface area contributed by atoms with E-state index >= 15 is 0 Å². The summed E-state index contributed by atoms with van der Waals surface area (Å²) in [6.45, 7) is 2.35. The van der Waals surface area contributed by atoms with E-state index < -0.39 is 5.82 Å². The molecule has 0 radical (unpaired) electrons. The van der Waals surface area contributed by atoms with Crippen molar-refractivity contribution in [2.45, 2.75) is 19.4 Å². The summed E-state index contributed by atoms with van der Waals surface area (Å²) in [5.74, 6) is -0.422. The van der Waals surface area contributed by atoms with Crippen LogP contribution >= 0.6 is 0 Å². The van der Waals surface area contributed by atoms with Gasteiger partial charge < -0.3 is 15.8 Å². The molecule has 1 atom stereocenters. The molecule has 0 aliphatic rings. The van der Waals surface area contributed by atoms with E-state index in [2.05, 4.69) is 5.32 Å². The maximum absolute atomic E-state index is 13.1. The first-order chi connectivity index (χ1) is 8.13. The Morgan fingerprint density at radius 3 is 2.88 bits per heavy atom. The van der Waals surface area contributed by atoms with E-state index in [-0.39, 0.29) is 30.7 Å². The molecule has 5 heteroatoms. The summed E-state index contributed by atoms with van der Waals surface area (Å²) in [6, 6.07) is 6.03. The molecule has 1 amide bonds. The van der Waals surface area contributed by atoms with E-state index in [0.717, 1.165) is 0 Å². The van der Waals surface area contributed by atoms with Crippen LogP contribution in [0.1, 0.15) is 13.3 Å². The number of nitrogens with two attached hydrogens (primary N) is 1. The predicted molar refractivity (Wildman–Crippen MR) is 63.2 cm³/mol. The number of para-hydroxylation sites is 1. The first-order valence-electron chi connectivity index (χ1n) is 5.50. The number of halogens is 1. The van der Waals surface area contributed by atoms with Gasteiger partial charge in [0.05, 0.1) is 13.0 Å². The van der Waals surface area contributed by atoms with Crippen LogP contribution in [0.15, 0.2) is 24.3 Å². The molecular weight excluding hydrogens is 223 g/mol. The number of hydrogen-bond acceptors (Lipinski definition) is 3. The molecule has 1 unspecified atom stereocenters.